The smallest absolute Gasteiger partial charge is 0.242 e. The maximum Gasteiger partial charge on any atom is 0.242 e. The Morgan fingerprint density at radius 3 is 2.92 bits per heavy atom. The van der Waals surface area contributed by atoms with Crippen LogP contribution in [-0.2, 0) is 14.8 Å². The van der Waals surface area contributed by atoms with Crippen LogP contribution < -0.4 is 10.0 Å². The van der Waals surface area contributed by atoms with Crippen LogP contribution in [0.4, 0.5) is 0 Å². The van der Waals surface area contributed by atoms with E-state index in [0.717, 1.165) is 45.1 Å². The maximum atomic E-state index is 12.1. The summed E-state index contributed by atoms with van der Waals surface area (Å²) in [6.45, 7) is 4.30. The molecule has 1 spiro atoms. The van der Waals surface area contributed by atoms with E-state index in [-0.39, 0.29) is 40.8 Å². The molecule has 2 saturated heterocycles. The van der Waals surface area contributed by atoms with Crippen molar-refractivity contribution in [3.8, 4) is 0 Å². The molecule has 0 radical (unpaired) electrons. The summed E-state index contributed by atoms with van der Waals surface area (Å²) in [6.07, 6.45) is 5.09. The summed E-state index contributed by atoms with van der Waals surface area (Å²) in [7, 11) is -1.78. The Kier molecular flexibility index (Phi) is 7.62. The molecule has 1 unspecified atom stereocenters. The summed E-state index contributed by atoms with van der Waals surface area (Å²) in [5.41, 5.74) is 0.263. The standard InChI is InChI=1S/C16H25N5O3S.HI/c1-17-15(21-9-4-16(12-21)5-10-24-13-16)19-7-8-20-25(22,23)14-3-2-6-18-11-14;/h2-3,6,11,20H,4-5,7-10,12-13H2,1H3,(H,17,19);1H. The first-order valence-electron chi connectivity index (χ1n) is 8.48. The fourth-order valence-corrected chi connectivity index (χ4v) is 4.36. The highest BCUT2D eigenvalue weighted by atomic mass is 127. The van der Waals surface area contributed by atoms with Crippen LogP contribution in [0.5, 0.6) is 0 Å². The maximum absolute atomic E-state index is 12.1. The van der Waals surface area contributed by atoms with Crippen LogP contribution in [0.25, 0.3) is 0 Å². The highest BCUT2D eigenvalue weighted by Crippen LogP contribution is 2.38. The summed E-state index contributed by atoms with van der Waals surface area (Å²) < 4.78 is 32.4. The molecule has 8 nitrogen and oxygen atoms in total. The lowest BCUT2D eigenvalue weighted by molar-refractivity contribution is 0.156. The van der Waals surface area contributed by atoms with E-state index >= 15 is 0 Å². The van der Waals surface area contributed by atoms with Gasteiger partial charge in [-0.25, -0.2) is 13.1 Å². The molecular weight excluding hydrogens is 469 g/mol. The normalized spacial score (nSPS) is 23.3. The van der Waals surface area contributed by atoms with Crippen LogP contribution in [0.2, 0.25) is 0 Å². The SMILES string of the molecule is CN=C(NCCNS(=O)(=O)c1cccnc1)N1CCC2(CCOC2)C1.I. The van der Waals surface area contributed by atoms with Gasteiger partial charge >= 0.3 is 0 Å². The van der Waals surface area contributed by atoms with Gasteiger partial charge in [-0.2, -0.15) is 0 Å². The molecule has 0 aromatic carbocycles. The molecule has 26 heavy (non-hydrogen) atoms. The minimum atomic E-state index is -3.52. The largest absolute Gasteiger partial charge is 0.381 e. The van der Waals surface area contributed by atoms with Gasteiger partial charge in [-0.3, -0.25) is 9.98 Å². The number of likely N-dealkylation sites (tertiary alicyclic amines) is 1. The lowest BCUT2D eigenvalue weighted by atomic mass is 9.87. The lowest BCUT2D eigenvalue weighted by Gasteiger charge is -2.25. The van der Waals surface area contributed by atoms with Crippen molar-refractivity contribution in [2.45, 2.75) is 17.7 Å². The number of hydrogen-bond acceptors (Lipinski definition) is 5. The Labute approximate surface area is 171 Å². The number of halogens is 1. The van der Waals surface area contributed by atoms with Gasteiger partial charge in [0, 0.05) is 57.6 Å². The third-order valence-electron chi connectivity index (χ3n) is 4.78. The summed E-state index contributed by atoms with van der Waals surface area (Å²) in [5, 5.41) is 3.23. The molecule has 0 amide bonds. The van der Waals surface area contributed by atoms with Gasteiger partial charge in [-0.15, -0.1) is 24.0 Å². The number of rotatable bonds is 5. The van der Waals surface area contributed by atoms with Crippen LogP contribution in [-0.4, -0.2) is 70.7 Å². The van der Waals surface area contributed by atoms with Gasteiger partial charge in [0.05, 0.1) is 6.61 Å². The van der Waals surface area contributed by atoms with Crippen molar-refractivity contribution >= 4 is 40.0 Å². The van der Waals surface area contributed by atoms with Gasteiger partial charge < -0.3 is 15.0 Å². The Morgan fingerprint density at radius 2 is 2.27 bits per heavy atom. The molecule has 0 saturated carbocycles. The number of sulfonamides is 1. The van der Waals surface area contributed by atoms with Crippen molar-refractivity contribution in [2.24, 2.45) is 10.4 Å². The Hall–Kier alpha value is -0.980. The second kappa shape index (κ2) is 9.29. The van der Waals surface area contributed by atoms with E-state index in [1.165, 1.54) is 12.3 Å². The first-order valence-corrected chi connectivity index (χ1v) is 9.96. The Balaban J connectivity index is 0.00000243. The molecule has 1 aromatic rings. The van der Waals surface area contributed by atoms with E-state index in [1.807, 2.05) is 0 Å². The Bertz CT molecular complexity index is 708. The van der Waals surface area contributed by atoms with Crippen molar-refractivity contribution < 1.29 is 13.2 Å². The highest BCUT2D eigenvalue weighted by Gasteiger charge is 2.42. The van der Waals surface area contributed by atoms with Gasteiger partial charge in [0.2, 0.25) is 10.0 Å². The average Bonchev–Trinajstić information content (AvgIpc) is 3.26. The third-order valence-corrected chi connectivity index (χ3v) is 6.23. The van der Waals surface area contributed by atoms with Crippen LogP contribution in [0, 0.1) is 5.41 Å². The first kappa shape index (κ1) is 21.3. The van der Waals surface area contributed by atoms with E-state index in [9.17, 15) is 8.42 Å². The molecule has 146 valence electrons. The summed E-state index contributed by atoms with van der Waals surface area (Å²) >= 11 is 0. The quantitative estimate of drug-likeness (QED) is 0.270. The molecule has 3 heterocycles. The predicted molar refractivity (Wildman–Crippen MR) is 110 cm³/mol. The average molecular weight is 495 g/mol. The molecule has 0 bridgehead atoms. The minimum absolute atomic E-state index is 0. The fraction of sp³-hybridized carbons (Fsp3) is 0.625. The van der Waals surface area contributed by atoms with Crippen molar-refractivity contribution in [1.82, 2.24) is 19.9 Å². The van der Waals surface area contributed by atoms with Gasteiger partial charge in [0.15, 0.2) is 5.96 Å². The van der Waals surface area contributed by atoms with E-state index in [4.69, 9.17) is 4.74 Å². The van der Waals surface area contributed by atoms with Crippen LogP contribution in [0.1, 0.15) is 12.8 Å². The number of ether oxygens (including phenoxy) is 1. The molecular formula is C16H26IN5O3S. The number of guanidine groups is 1. The molecule has 0 aliphatic carbocycles. The highest BCUT2D eigenvalue weighted by molar-refractivity contribution is 14.0. The van der Waals surface area contributed by atoms with E-state index in [0.29, 0.717) is 6.54 Å². The lowest BCUT2D eigenvalue weighted by Crippen LogP contribution is -2.44. The van der Waals surface area contributed by atoms with Crippen molar-refractivity contribution in [3.05, 3.63) is 24.5 Å². The number of aliphatic imine (C=N–C) groups is 1. The summed E-state index contributed by atoms with van der Waals surface area (Å²) in [5.74, 6) is 0.810. The molecule has 1 atom stereocenters. The number of nitrogens with zero attached hydrogens (tertiary/aromatic N) is 3. The monoisotopic (exact) mass is 495 g/mol. The number of nitrogens with one attached hydrogen (secondary N) is 2. The summed E-state index contributed by atoms with van der Waals surface area (Å²) in [6, 6.07) is 3.12. The molecule has 3 rings (SSSR count). The zero-order chi connectivity index (χ0) is 17.8. The minimum Gasteiger partial charge on any atom is -0.381 e. The molecule has 10 heteroatoms. The molecule has 2 aliphatic rings. The van der Waals surface area contributed by atoms with Crippen LogP contribution >= 0.6 is 24.0 Å². The van der Waals surface area contributed by atoms with E-state index in [2.05, 4.69) is 24.9 Å². The van der Waals surface area contributed by atoms with Gasteiger partial charge in [0.1, 0.15) is 4.90 Å². The van der Waals surface area contributed by atoms with Crippen molar-refractivity contribution in [2.75, 3.05) is 46.4 Å². The first-order chi connectivity index (χ1) is 12.0. The number of pyridine rings is 1. The van der Waals surface area contributed by atoms with Crippen molar-refractivity contribution in [3.63, 3.8) is 0 Å². The third kappa shape index (κ3) is 5.05. The van der Waals surface area contributed by atoms with Crippen LogP contribution in [0.3, 0.4) is 0 Å². The van der Waals surface area contributed by atoms with E-state index < -0.39 is 10.0 Å². The second-order valence-corrected chi connectivity index (χ2v) is 8.30. The van der Waals surface area contributed by atoms with Gasteiger partial charge in [0.25, 0.3) is 0 Å². The van der Waals surface area contributed by atoms with Crippen LogP contribution in [0.15, 0.2) is 34.4 Å². The fourth-order valence-electron chi connectivity index (χ4n) is 3.37. The van der Waals surface area contributed by atoms with Gasteiger partial charge in [-0.1, -0.05) is 0 Å². The van der Waals surface area contributed by atoms with Crippen molar-refractivity contribution in [1.29, 1.82) is 0 Å². The zero-order valence-corrected chi connectivity index (χ0v) is 18.0. The Morgan fingerprint density at radius 1 is 1.42 bits per heavy atom. The van der Waals surface area contributed by atoms with Gasteiger partial charge in [-0.05, 0) is 25.0 Å². The van der Waals surface area contributed by atoms with E-state index in [1.54, 1.807) is 19.3 Å². The second-order valence-electron chi connectivity index (χ2n) is 6.53. The molecule has 2 fully saturated rings. The molecule has 1 aromatic heterocycles. The molecule has 2 N–H and O–H groups in total. The zero-order valence-electron chi connectivity index (χ0n) is 14.8. The summed E-state index contributed by atoms with van der Waals surface area (Å²) in [4.78, 5) is 10.6. The predicted octanol–water partition coefficient (Wildman–Crippen LogP) is 0.666. The topological polar surface area (TPSA) is 95.9 Å². The number of hydrogen-bond donors (Lipinski definition) is 2. The molecule has 2 aliphatic heterocycles. The number of aromatic nitrogens is 1.